The number of fused-ring (bicyclic) bond motifs is 1. The van der Waals surface area contributed by atoms with Gasteiger partial charge in [-0.15, -0.1) is 0 Å². The first kappa shape index (κ1) is 20.8. The van der Waals surface area contributed by atoms with E-state index < -0.39 is 12.3 Å². The van der Waals surface area contributed by atoms with Crippen LogP contribution in [0.5, 0.6) is 0 Å². The molecule has 2 heterocycles. The number of benzene rings is 2. The quantitative estimate of drug-likeness (QED) is 0.804. The topological polar surface area (TPSA) is 33.2 Å². The zero-order chi connectivity index (χ0) is 21.3. The molecule has 0 spiro atoms. The molecule has 0 bridgehead atoms. The predicted octanol–water partition coefficient (Wildman–Crippen LogP) is 3.15. The second kappa shape index (κ2) is 8.35. The van der Waals surface area contributed by atoms with Gasteiger partial charge in [0.05, 0.1) is 23.7 Å². The molecule has 162 valence electrons. The fourth-order valence-corrected chi connectivity index (χ4v) is 4.53. The Morgan fingerprint density at radius 2 is 1.60 bits per heavy atom. The molecule has 1 saturated heterocycles. The van der Waals surface area contributed by atoms with Crippen molar-refractivity contribution >= 4 is 17.1 Å². The highest BCUT2D eigenvalue weighted by molar-refractivity contribution is 5.89. The first-order valence-electron chi connectivity index (χ1n) is 10.2. The number of anilines is 3. The van der Waals surface area contributed by atoms with Crippen LogP contribution >= 0.6 is 0 Å². The van der Waals surface area contributed by atoms with E-state index in [4.69, 9.17) is 5.11 Å². The number of rotatable bonds is 5. The van der Waals surface area contributed by atoms with Gasteiger partial charge < -0.3 is 19.8 Å². The smallest absolute Gasteiger partial charge is 0.395 e. The highest BCUT2D eigenvalue weighted by atomic mass is 19.4. The SMILES string of the molecule is CN1c2c(N3CCN(CCO)CC3)cccc2N(Cc2ccccc2)C1C(F)(F)F. The molecular formula is C22H27F3N4O. The lowest BCUT2D eigenvalue weighted by Crippen LogP contribution is -2.51. The number of aliphatic hydroxyl groups is 1. The maximum Gasteiger partial charge on any atom is 0.427 e. The molecule has 2 aromatic carbocycles. The molecule has 8 heteroatoms. The number of hydrogen-bond donors (Lipinski definition) is 1. The van der Waals surface area contributed by atoms with E-state index in [1.165, 1.54) is 16.8 Å². The summed E-state index contributed by atoms with van der Waals surface area (Å²) < 4.78 is 42.3. The first-order chi connectivity index (χ1) is 14.4. The monoisotopic (exact) mass is 420 g/mol. The van der Waals surface area contributed by atoms with Crippen molar-refractivity contribution in [3.8, 4) is 0 Å². The molecule has 2 aliphatic rings. The lowest BCUT2D eigenvalue weighted by Gasteiger charge is -2.37. The standard InChI is InChI=1S/C22H27F3N4O/c1-26-20-18(28-12-10-27(11-13-28)14-15-30)8-5-9-19(20)29(21(26)22(23,24)25)16-17-6-3-2-4-7-17/h2-9,21,30H,10-16H2,1H3. The van der Waals surface area contributed by atoms with Gasteiger partial charge in [-0.05, 0) is 17.7 Å². The van der Waals surface area contributed by atoms with E-state index in [1.54, 1.807) is 6.07 Å². The second-order valence-corrected chi connectivity index (χ2v) is 7.84. The third kappa shape index (κ3) is 3.94. The summed E-state index contributed by atoms with van der Waals surface area (Å²) in [5, 5.41) is 9.14. The van der Waals surface area contributed by atoms with Crippen molar-refractivity contribution in [2.45, 2.75) is 18.9 Å². The number of nitrogens with zero attached hydrogens (tertiary/aromatic N) is 4. The average Bonchev–Trinajstić information content (AvgIpc) is 3.02. The van der Waals surface area contributed by atoms with Gasteiger partial charge in [-0.25, -0.2) is 0 Å². The third-order valence-corrected chi connectivity index (χ3v) is 5.94. The summed E-state index contributed by atoms with van der Waals surface area (Å²) in [4.78, 5) is 7.15. The molecule has 1 atom stereocenters. The van der Waals surface area contributed by atoms with Gasteiger partial charge in [0.25, 0.3) is 0 Å². The third-order valence-electron chi connectivity index (χ3n) is 5.94. The van der Waals surface area contributed by atoms with Crippen molar-refractivity contribution in [1.82, 2.24) is 4.90 Å². The van der Waals surface area contributed by atoms with Crippen LogP contribution < -0.4 is 14.7 Å². The Balaban J connectivity index is 1.67. The zero-order valence-electron chi connectivity index (χ0n) is 17.0. The molecular weight excluding hydrogens is 393 g/mol. The van der Waals surface area contributed by atoms with E-state index in [0.717, 1.165) is 37.4 Å². The second-order valence-electron chi connectivity index (χ2n) is 7.84. The largest absolute Gasteiger partial charge is 0.427 e. The Labute approximate surface area is 174 Å². The molecule has 4 rings (SSSR count). The normalized spacial score (nSPS) is 20.0. The fourth-order valence-electron chi connectivity index (χ4n) is 4.53. The van der Waals surface area contributed by atoms with Crippen LogP contribution in [0.25, 0.3) is 0 Å². The van der Waals surface area contributed by atoms with Gasteiger partial charge in [0.15, 0.2) is 0 Å². The van der Waals surface area contributed by atoms with Crippen molar-refractivity contribution in [1.29, 1.82) is 0 Å². The minimum atomic E-state index is -4.39. The fraction of sp³-hybridized carbons (Fsp3) is 0.455. The average molecular weight is 420 g/mol. The Morgan fingerprint density at radius 3 is 2.23 bits per heavy atom. The van der Waals surface area contributed by atoms with Gasteiger partial charge in [-0.3, -0.25) is 4.90 Å². The summed E-state index contributed by atoms with van der Waals surface area (Å²) in [5.74, 6) is 0. The molecule has 0 radical (unpaired) electrons. The van der Waals surface area contributed by atoms with Crippen LogP contribution in [-0.2, 0) is 6.54 Å². The summed E-state index contributed by atoms with van der Waals surface area (Å²) in [6.45, 7) is 3.94. The minimum Gasteiger partial charge on any atom is -0.395 e. The van der Waals surface area contributed by atoms with Crippen LogP contribution in [0.3, 0.4) is 0 Å². The van der Waals surface area contributed by atoms with E-state index in [-0.39, 0.29) is 13.2 Å². The molecule has 0 aromatic heterocycles. The molecule has 1 fully saturated rings. The van der Waals surface area contributed by atoms with Crippen LogP contribution in [0.4, 0.5) is 30.2 Å². The molecule has 5 nitrogen and oxygen atoms in total. The molecule has 0 saturated carbocycles. The van der Waals surface area contributed by atoms with E-state index in [0.29, 0.717) is 17.9 Å². The molecule has 2 aromatic rings. The molecule has 30 heavy (non-hydrogen) atoms. The Kier molecular flexibility index (Phi) is 5.79. The number of aliphatic hydroxyl groups excluding tert-OH is 1. The van der Waals surface area contributed by atoms with Crippen molar-refractivity contribution in [3.63, 3.8) is 0 Å². The molecule has 1 N–H and O–H groups in total. The van der Waals surface area contributed by atoms with Crippen LogP contribution in [0, 0.1) is 0 Å². The summed E-state index contributed by atoms with van der Waals surface area (Å²) >= 11 is 0. The number of alkyl halides is 3. The number of hydrogen-bond acceptors (Lipinski definition) is 5. The van der Waals surface area contributed by atoms with Crippen molar-refractivity contribution in [2.75, 3.05) is 61.1 Å². The van der Waals surface area contributed by atoms with Crippen molar-refractivity contribution < 1.29 is 18.3 Å². The molecule has 2 aliphatic heterocycles. The minimum absolute atomic E-state index is 0.116. The number of β-amino-alcohol motifs (C(OH)–C–C–N with tert-alkyl or cyclic N) is 1. The number of para-hydroxylation sites is 1. The van der Waals surface area contributed by atoms with E-state index in [2.05, 4.69) is 9.80 Å². The molecule has 0 amide bonds. The summed E-state index contributed by atoms with van der Waals surface area (Å²) in [7, 11) is 1.54. The van der Waals surface area contributed by atoms with Crippen LogP contribution in [0.1, 0.15) is 5.56 Å². The van der Waals surface area contributed by atoms with Gasteiger partial charge in [0, 0.05) is 46.3 Å². The van der Waals surface area contributed by atoms with E-state index in [9.17, 15) is 13.2 Å². The van der Waals surface area contributed by atoms with Crippen molar-refractivity contribution in [2.24, 2.45) is 0 Å². The first-order valence-corrected chi connectivity index (χ1v) is 10.2. The summed E-state index contributed by atoms with van der Waals surface area (Å²) in [6.07, 6.45) is -6.09. The van der Waals surface area contributed by atoms with E-state index >= 15 is 0 Å². The highest BCUT2D eigenvalue weighted by Crippen LogP contribution is 2.49. The number of piperazine rings is 1. The summed E-state index contributed by atoms with van der Waals surface area (Å²) in [6, 6.07) is 14.8. The van der Waals surface area contributed by atoms with Gasteiger partial charge in [-0.1, -0.05) is 36.4 Å². The maximum absolute atomic E-state index is 14.1. The molecule has 1 unspecified atom stereocenters. The zero-order valence-corrected chi connectivity index (χ0v) is 17.0. The lowest BCUT2D eigenvalue weighted by atomic mass is 10.1. The van der Waals surface area contributed by atoms with Gasteiger partial charge >= 0.3 is 6.18 Å². The Morgan fingerprint density at radius 1 is 0.933 bits per heavy atom. The van der Waals surface area contributed by atoms with Gasteiger partial charge in [0.2, 0.25) is 6.17 Å². The predicted molar refractivity (Wildman–Crippen MR) is 113 cm³/mol. The van der Waals surface area contributed by atoms with Crippen LogP contribution in [0.2, 0.25) is 0 Å². The van der Waals surface area contributed by atoms with Crippen molar-refractivity contribution in [3.05, 3.63) is 54.1 Å². The Bertz CT molecular complexity index is 853. The van der Waals surface area contributed by atoms with Gasteiger partial charge in [0.1, 0.15) is 0 Å². The number of halogens is 3. The van der Waals surface area contributed by atoms with E-state index in [1.807, 2.05) is 42.5 Å². The summed E-state index contributed by atoms with van der Waals surface area (Å²) in [5.41, 5.74) is 2.92. The Hall–Kier alpha value is -2.45. The lowest BCUT2D eigenvalue weighted by molar-refractivity contribution is -0.146. The highest BCUT2D eigenvalue weighted by Gasteiger charge is 2.52. The van der Waals surface area contributed by atoms with Crippen LogP contribution in [0.15, 0.2) is 48.5 Å². The van der Waals surface area contributed by atoms with Crippen LogP contribution in [-0.4, -0.2) is 68.7 Å². The maximum atomic E-state index is 14.1. The molecule has 0 aliphatic carbocycles. The van der Waals surface area contributed by atoms with Gasteiger partial charge in [-0.2, -0.15) is 13.2 Å².